The van der Waals surface area contributed by atoms with Crippen LogP contribution in [0.25, 0.3) is 0 Å². The minimum Gasteiger partial charge on any atom is -0.494 e. The first-order valence-corrected chi connectivity index (χ1v) is 10.5. The van der Waals surface area contributed by atoms with Crippen molar-refractivity contribution in [3.8, 4) is 17.4 Å². The molecular formula is C22H19ClF3N3O4S. The van der Waals surface area contributed by atoms with E-state index in [1.54, 1.807) is 26.0 Å². The van der Waals surface area contributed by atoms with Crippen molar-refractivity contribution in [1.82, 2.24) is 9.13 Å². The zero-order chi connectivity index (χ0) is 25.5. The molecular weight excluding hydrogens is 495 g/mol. The molecule has 180 valence electrons. The lowest BCUT2D eigenvalue weighted by Crippen LogP contribution is -2.31. The molecule has 2 aromatic carbocycles. The Labute approximate surface area is 202 Å². The molecule has 0 radical (unpaired) electrons. The van der Waals surface area contributed by atoms with Crippen molar-refractivity contribution in [2.24, 2.45) is 14.1 Å². The van der Waals surface area contributed by atoms with Crippen molar-refractivity contribution >= 4 is 35.4 Å². The minimum atomic E-state index is -4.53. The summed E-state index contributed by atoms with van der Waals surface area (Å²) in [5, 5.41) is 12.7. The van der Waals surface area contributed by atoms with Crippen molar-refractivity contribution < 1.29 is 27.8 Å². The van der Waals surface area contributed by atoms with Gasteiger partial charge in [0.25, 0.3) is 11.5 Å². The summed E-state index contributed by atoms with van der Waals surface area (Å²) in [6, 6.07) is 5.83. The minimum absolute atomic E-state index is 0.0233. The summed E-state index contributed by atoms with van der Waals surface area (Å²) in [6.45, 7) is 3.32. The van der Waals surface area contributed by atoms with Crippen molar-refractivity contribution in [3.63, 3.8) is 0 Å². The number of aryl methyl sites for hydroxylation is 2. The van der Waals surface area contributed by atoms with Gasteiger partial charge in [0.1, 0.15) is 11.5 Å². The topological polar surface area (TPSA) is 85.5 Å². The average Bonchev–Trinajstić information content (AvgIpc) is 2.74. The summed E-state index contributed by atoms with van der Waals surface area (Å²) >= 11 is 11.0. The summed E-state index contributed by atoms with van der Waals surface area (Å²) in [5.41, 5.74) is -0.706. The number of ether oxygens (including phenoxy) is 1. The molecule has 0 aliphatic carbocycles. The van der Waals surface area contributed by atoms with Gasteiger partial charge in [0.05, 0.1) is 10.6 Å². The lowest BCUT2D eigenvalue weighted by Gasteiger charge is -2.16. The molecule has 1 amide bonds. The number of aromatic hydroxyl groups is 1. The van der Waals surface area contributed by atoms with Crippen LogP contribution in [0.1, 0.15) is 27.0 Å². The summed E-state index contributed by atoms with van der Waals surface area (Å²) in [7, 11) is 2.80. The van der Waals surface area contributed by atoms with Gasteiger partial charge >= 0.3 is 6.18 Å². The summed E-state index contributed by atoms with van der Waals surface area (Å²) in [5.74, 6) is -1.11. The average molecular weight is 514 g/mol. The predicted octanol–water partition coefficient (Wildman–Crippen LogP) is 5.49. The van der Waals surface area contributed by atoms with Crippen LogP contribution in [-0.2, 0) is 20.3 Å². The molecule has 12 heteroatoms. The van der Waals surface area contributed by atoms with Crippen molar-refractivity contribution in [2.75, 3.05) is 5.32 Å². The molecule has 2 N–H and O–H groups in total. The van der Waals surface area contributed by atoms with Gasteiger partial charge in [-0.15, -0.1) is 0 Å². The lowest BCUT2D eigenvalue weighted by atomic mass is 10.1. The van der Waals surface area contributed by atoms with Crippen LogP contribution in [0, 0.1) is 18.6 Å². The lowest BCUT2D eigenvalue weighted by molar-refractivity contribution is -0.137. The van der Waals surface area contributed by atoms with Crippen molar-refractivity contribution in [3.05, 3.63) is 72.7 Å². The Bertz CT molecular complexity index is 1410. The van der Waals surface area contributed by atoms with Crippen LogP contribution in [0.4, 0.5) is 18.9 Å². The molecule has 0 aliphatic rings. The zero-order valence-corrected chi connectivity index (χ0v) is 19.9. The fourth-order valence-corrected chi connectivity index (χ4v) is 3.66. The maximum atomic E-state index is 12.8. The van der Waals surface area contributed by atoms with Crippen LogP contribution >= 0.6 is 23.8 Å². The monoisotopic (exact) mass is 513 g/mol. The standard InChI is InChI=1S/C22H19ClF3N3O4S/c1-10-7-13(33-15-6-5-12(9-14(15)23)22(24,25)26)8-11(2)17(10)27-18(30)16-19(31)28(3)21(34)29(4)20(16)32/h5-9,31H,1-4H3,(H,27,30). The molecule has 0 saturated heterocycles. The number of halogens is 4. The molecule has 1 aromatic heterocycles. The quantitative estimate of drug-likeness (QED) is 0.450. The van der Waals surface area contributed by atoms with E-state index in [9.17, 15) is 27.9 Å². The molecule has 0 spiro atoms. The molecule has 0 aliphatic heterocycles. The molecule has 0 fully saturated rings. The number of aromatic nitrogens is 2. The van der Waals surface area contributed by atoms with Gasteiger partial charge in [-0.2, -0.15) is 13.2 Å². The second-order valence-electron chi connectivity index (χ2n) is 7.54. The first-order valence-electron chi connectivity index (χ1n) is 9.68. The fraction of sp³-hybridized carbons (Fsp3) is 0.227. The molecule has 0 bridgehead atoms. The van der Waals surface area contributed by atoms with E-state index in [0.717, 1.165) is 27.3 Å². The molecule has 34 heavy (non-hydrogen) atoms. The van der Waals surface area contributed by atoms with Gasteiger partial charge in [-0.25, -0.2) is 0 Å². The van der Waals surface area contributed by atoms with Crippen LogP contribution in [0.15, 0.2) is 35.1 Å². The Morgan fingerprint density at radius 1 is 1.12 bits per heavy atom. The van der Waals surface area contributed by atoms with Gasteiger partial charge in [-0.1, -0.05) is 11.6 Å². The van der Waals surface area contributed by atoms with Crippen LogP contribution in [0.5, 0.6) is 17.4 Å². The number of hydrogen-bond donors (Lipinski definition) is 2. The van der Waals surface area contributed by atoms with Crippen LogP contribution in [-0.4, -0.2) is 20.1 Å². The largest absolute Gasteiger partial charge is 0.494 e. The number of nitrogens with one attached hydrogen (secondary N) is 1. The Kier molecular flexibility index (Phi) is 6.81. The third kappa shape index (κ3) is 4.80. The highest BCUT2D eigenvalue weighted by Gasteiger charge is 2.31. The number of alkyl halides is 3. The predicted molar refractivity (Wildman–Crippen MR) is 124 cm³/mol. The molecule has 1 heterocycles. The third-order valence-corrected chi connectivity index (χ3v) is 5.94. The van der Waals surface area contributed by atoms with E-state index in [-0.39, 0.29) is 21.3 Å². The maximum Gasteiger partial charge on any atom is 0.416 e. The first-order chi connectivity index (χ1) is 15.7. The highest BCUT2D eigenvalue weighted by atomic mass is 35.5. The summed E-state index contributed by atoms with van der Waals surface area (Å²) < 4.78 is 46.4. The Morgan fingerprint density at radius 2 is 1.71 bits per heavy atom. The Hall–Kier alpha value is -3.31. The molecule has 0 saturated carbocycles. The Morgan fingerprint density at radius 3 is 2.24 bits per heavy atom. The zero-order valence-electron chi connectivity index (χ0n) is 18.4. The number of nitrogens with zero attached hydrogens (tertiary/aromatic N) is 2. The third-order valence-electron chi connectivity index (χ3n) is 5.09. The van der Waals surface area contributed by atoms with E-state index in [1.165, 1.54) is 14.1 Å². The maximum absolute atomic E-state index is 12.8. The molecule has 7 nitrogen and oxygen atoms in total. The van der Waals surface area contributed by atoms with E-state index in [0.29, 0.717) is 16.8 Å². The number of anilines is 1. The second-order valence-corrected chi connectivity index (χ2v) is 8.31. The highest BCUT2D eigenvalue weighted by molar-refractivity contribution is 7.71. The number of benzene rings is 2. The van der Waals surface area contributed by atoms with Gasteiger partial charge in [0.15, 0.2) is 10.3 Å². The number of amides is 1. The molecule has 0 unspecified atom stereocenters. The van der Waals surface area contributed by atoms with E-state index >= 15 is 0 Å². The number of hydrogen-bond acceptors (Lipinski definition) is 5. The van der Waals surface area contributed by atoms with Gasteiger partial charge in [-0.3, -0.25) is 18.7 Å². The van der Waals surface area contributed by atoms with E-state index in [4.69, 9.17) is 28.6 Å². The summed E-state index contributed by atoms with van der Waals surface area (Å²) in [6.07, 6.45) is -4.53. The molecule has 3 rings (SSSR count). The Balaban J connectivity index is 1.91. The smallest absolute Gasteiger partial charge is 0.416 e. The van der Waals surface area contributed by atoms with Gasteiger partial charge in [-0.05, 0) is 67.5 Å². The molecule has 0 atom stereocenters. The number of carbonyl (C=O) groups is 1. The van der Waals surface area contributed by atoms with E-state index in [2.05, 4.69) is 5.32 Å². The van der Waals surface area contributed by atoms with Crippen LogP contribution in [0.3, 0.4) is 0 Å². The number of rotatable bonds is 4. The van der Waals surface area contributed by atoms with Crippen molar-refractivity contribution in [2.45, 2.75) is 20.0 Å². The van der Waals surface area contributed by atoms with Gasteiger partial charge in [0, 0.05) is 19.8 Å². The van der Waals surface area contributed by atoms with Crippen LogP contribution < -0.4 is 15.6 Å². The van der Waals surface area contributed by atoms with Gasteiger partial charge in [0.2, 0.25) is 5.88 Å². The van der Waals surface area contributed by atoms with E-state index in [1.807, 2.05) is 0 Å². The first kappa shape index (κ1) is 25.3. The van der Waals surface area contributed by atoms with Crippen molar-refractivity contribution in [1.29, 1.82) is 0 Å². The second kappa shape index (κ2) is 9.15. The SMILES string of the molecule is Cc1cc(Oc2ccc(C(F)(F)F)cc2Cl)cc(C)c1NC(=O)c1c(O)n(C)c(=S)n(C)c1=O. The highest BCUT2D eigenvalue weighted by Crippen LogP contribution is 2.37. The number of carbonyl (C=O) groups excluding carboxylic acids is 1. The molecule has 3 aromatic rings. The fourth-order valence-electron chi connectivity index (χ4n) is 3.27. The van der Waals surface area contributed by atoms with Crippen LogP contribution in [0.2, 0.25) is 5.02 Å². The summed E-state index contributed by atoms with van der Waals surface area (Å²) in [4.78, 5) is 25.3. The van der Waals surface area contributed by atoms with Gasteiger partial charge < -0.3 is 15.2 Å². The van der Waals surface area contributed by atoms with E-state index < -0.39 is 34.6 Å². The normalized spacial score (nSPS) is 11.4.